The van der Waals surface area contributed by atoms with Crippen molar-refractivity contribution in [2.75, 3.05) is 36.5 Å². The zero-order valence-corrected chi connectivity index (χ0v) is 15.7. The summed E-state index contributed by atoms with van der Waals surface area (Å²) in [7, 11) is 0. The number of nitrogens with zero attached hydrogens (tertiary/aromatic N) is 1. The lowest BCUT2D eigenvalue weighted by Gasteiger charge is -2.28. The van der Waals surface area contributed by atoms with E-state index in [2.05, 4.69) is 10.2 Å². The summed E-state index contributed by atoms with van der Waals surface area (Å²) in [6.07, 6.45) is -0.935. The van der Waals surface area contributed by atoms with Gasteiger partial charge in [-0.3, -0.25) is 4.79 Å². The Kier molecular flexibility index (Phi) is 6.32. The first-order chi connectivity index (χ1) is 13.0. The number of hydrogen-bond donors (Lipinski definition) is 1. The first kappa shape index (κ1) is 19.2. The monoisotopic (exact) mass is 388 g/mol. The van der Waals surface area contributed by atoms with Gasteiger partial charge in [0.2, 0.25) is 0 Å². The molecule has 0 radical (unpaired) electrons. The third kappa shape index (κ3) is 5.21. The Labute approximate surface area is 163 Å². The molecule has 142 valence electrons. The summed E-state index contributed by atoms with van der Waals surface area (Å²) >= 11 is 5.87. The Hall–Kier alpha value is -2.57. The van der Waals surface area contributed by atoms with Crippen LogP contribution in [-0.4, -0.2) is 44.3 Å². The van der Waals surface area contributed by atoms with Gasteiger partial charge in [0.05, 0.1) is 18.8 Å². The van der Waals surface area contributed by atoms with Crippen LogP contribution in [0.25, 0.3) is 0 Å². The van der Waals surface area contributed by atoms with Crippen LogP contribution in [0.2, 0.25) is 5.02 Å². The maximum absolute atomic E-state index is 12.3. The molecule has 1 aliphatic heterocycles. The number of carbonyl (C=O) groups is 2. The Bertz CT molecular complexity index is 804. The lowest BCUT2D eigenvalue weighted by molar-refractivity contribution is -0.123. The molecule has 0 aliphatic carbocycles. The molecule has 6 nitrogen and oxygen atoms in total. The minimum absolute atomic E-state index is 0.303. The molecular formula is C20H21ClN2O4. The largest absolute Gasteiger partial charge is 0.449 e. The Morgan fingerprint density at radius 3 is 2.52 bits per heavy atom. The highest BCUT2D eigenvalue weighted by Crippen LogP contribution is 2.19. The van der Waals surface area contributed by atoms with Gasteiger partial charge in [-0.15, -0.1) is 0 Å². The Balaban J connectivity index is 1.55. The lowest BCUT2D eigenvalue weighted by atomic mass is 10.2. The van der Waals surface area contributed by atoms with E-state index in [0.29, 0.717) is 29.5 Å². The second-order valence-corrected chi connectivity index (χ2v) is 6.63. The molecule has 3 rings (SSSR count). The van der Waals surface area contributed by atoms with Gasteiger partial charge in [0.15, 0.2) is 6.10 Å². The second-order valence-electron chi connectivity index (χ2n) is 6.19. The van der Waals surface area contributed by atoms with Crippen LogP contribution in [0.15, 0.2) is 48.5 Å². The first-order valence-corrected chi connectivity index (χ1v) is 9.11. The van der Waals surface area contributed by atoms with Gasteiger partial charge in [-0.2, -0.15) is 0 Å². The molecule has 0 saturated carbocycles. The molecule has 1 aliphatic rings. The van der Waals surface area contributed by atoms with Gasteiger partial charge < -0.3 is 19.7 Å². The molecule has 0 spiro atoms. The number of morpholine rings is 1. The summed E-state index contributed by atoms with van der Waals surface area (Å²) in [6.45, 7) is 4.66. The zero-order valence-electron chi connectivity index (χ0n) is 15.0. The Morgan fingerprint density at radius 2 is 1.85 bits per heavy atom. The number of benzene rings is 2. The van der Waals surface area contributed by atoms with Crippen LogP contribution >= 0.6 is 11.6 Å². The van der Waals surface area contributed by atoms with Crippen LogP contribution in [0.5, 0.6) is 0 Å². The highest BCUT2D eigenvalue weighted by molar-refractivity contribution is 6.30. The molecule has 0 unspecified atom stereocenters. The fourth-order valence-electron chi connectivity index (χ4n) is 2.72. The minimum atomic E-state index is -0.935. The van der Waals surface area contributed by atoms with E-state index in [1.165, 1.54) is 13.0 Å². The zero-order chi connectivity index (χ0) is 19.2. The summed E-state index contributed by atoms with van der Waals surface area (Å²) < 4.78 is 10.6. The van der Waals surface area contributed by atoms with Crippen molar-refractivity contribution in [3.8, 4) is 0 Å². The minimum Gasteiger partial charge on any atom is -0.449 e. The van der Waals surface area contributed by atoms with Crippen LogP contribution in [0.4, 0.5) is 11.4 Å². The molecule has 27 heavy (non-hydrogen) atoms. The van der Waals surface area contributed by atoms with Crippen LogP contribution in [0.3, 0.4) is 0 Å². The number of ether oxygens (including phenoxy) is 2. The van der Waals surface area contributed by atoms with E-state index < -0.39 is 18.0 Å². The summed E-state index contributed by atoms with van der Waals surface area (Å²) in [5.74, 6) is -0.993. The number of hydrogen-bond acceptors (Lipinski definition) is 5. The Morgan fingerprint density at radius 1 is 1.15 bits per heavy atom. The molecule has 1 N–H and O–H groups in total. The average molecular weight is 389 g/mol. The van der Waals surface area contributed by atoms with Crippen molar-refractivity contribution in [1.82, 2.24) is 0 Å². The van der Waals surface area contributed by atoms with Gasteiger partial charge in [-0.1, -0.05) is 17.7 Å². The molecule has 2 aromatic carbocycles. The number of rotatable bonds is 5. The van der Waals surface area contributed by atoms with E-state index >= 15 is 0 Å². The summed E-state index contributed by atoms with van der Waals surface area (Å²) in [6, 6.07) is 14.0. The van der Waals surface area contributed by atoms with Crippen LogP contribution in [0.1, 0.15) is 17.3 Å². The van der Waals surface area contributed by atoms with E-state index in [4.69, 9.17) is 21.1 Å². The molecule has 1 fully saturated rings. The van der Waals surface area contributed by atoms with Crippen molar-refractivity contribution < 1.29 is 19.1 Å². The number of nitrogens with one attached hydrogen (secondary N) is 1. The molecule has 0 bridgehead atoms. The lowest BCUT2D eigenvalue weighted by Crippen LogP contribution is -2.36. The predicted molar refractivity (Wildman–Crippen MR) is 104 cm³/mol. The molecule has 0 aromatic heterocycles. The first-order valence-electron chi connectivity index (χ1n) is 8.73. The van der Waals surface area contributed by atoms with Crippen molar-refractivity contribution >= 4 is 34.9 Å². The molecule has 1 amide bonds. The average Bonchev–Trinajstić information content (AvgIpc) is 2.69. The normalized spacial score (nSPS) is 15.1. The number of amides is 1. The third-order valence-electron chi connectivity index (χ3n) is 4.22. The van der Waals surface area contributed by atoms with E-state index in [9.17, 15) is 9.59 Å². The standard InChI is InChI=1S/C20H21ClN2O4/c1-14(27-20(25)15-3-2-4-16(21)13-15)19(24)22-17-5-7-18(8-6-17)23-9-11-26-12-10-23/h2-8,13-14H,9-12H2,1H3,(H,22,24)/t14-/m0/s1. The third-order valence-corrected chi connectivity index (χ3v) is 4.46. The molecule has 1 atom stereocenters. The van der Waals surface area contributed by atoms with Crippen LogP contribution in [-0.2, 0) is 14.3 Å². The highest BCUT2D eigenvalue weighted by Gasteiger charge is 2.19. The summed E-state index contributed by atoms with van der Waals surface area (Å²) in [5.41, 5.74) is 2.02. The number of halogens is 1. The van der Waals surface area contributed by atoms with Crippen molar-refractivity contribution in [3.63, 3.8) is 0 Å². The van der Waals surface area contributed by atoms with Gasteiger partial charge in [0, 0.05) is 29.5 Å². The number of anilines is 2. The molecular weight excluding hydrogens is 368 g/mol. The van der Waals surface area contributed by atoms with Crippen molar-refractivity contribution in [2.24, 2.45) is 0 Å². The van der Waals surface area contributed by atoms with E-state index in [-0.39, 0.29) is 0 Å². The molecule has 7 heteroatoms. The predicted octanol–water partition coefficient (Wildman–Crippen LogP) is 3.36. The van der Waals surface area contributed by atoms with Crippen LogP contribution < -0.4 is 10.2 Å². The second kappa shape index (κ2) is 8.88. The highest BCUT2D eigenvalue weighted by atomic mass is 35.5. The van der Waals surface area contributed by atoms with E-state index in [1.54, 1.807) is 18.2 Å². The van der Waals surface area contributed by atoms with E-state index in [0.717, 1.165) is 18.8 Å². The van der Waals surface area contributed by atoms with E-state index in [1.807, 2.05) is 24.3 Å². The van der Waals surface area contributed by atoms with Crippen molar-refractivity contribution in [2.45, 2.75) is 13.0 Å². The van der Waals surface area contributed by atoms with Crippen molar-refractivity contribution in [3.05, 3.63) is 59.1 Å². The fraction of sp³-hybridized carbons (Fsp3) is 0.300. The maximum atomic E-state index is 12.3. The van der Waals surface area contributed by atoms with Crippen LogP contribution in [0, 0.1) is 0 Å². The number of esters is 1. The topological polar surface area (TPSA) is 67.9 Å². The van der Waals surface area contributed by atoms with Gasteiger partial charge >= 0.3 is 5.97 Å². The van der Waals surface area contributed by atoms with Gasteiger partial charge in [0.25, 0.3) is 5.91 Å². The summed E-state index contributed by atoms with van der Waals surface area (Å²) in [4.78, 5) is 26.6. The van der Waals surface area contributed by atoms with Gasteiger partial charge in [0.1, 0.15) is 0 Å². The molecule has 1 heterocycles. The van der Waals surface area contributed by atoms with Gasteiger partial charge in [-0.25, -0.2) is 4.79 Å². The van der Waals surface area contributed by atoms with Crippen molar-refractivity contribution in [1.29, 1.82) is 0 Å². The quantitative estimate of drug-likeness (QED) is 0.795. The maximum Gasteiger partial charge on any atom is 0.338 e. The molecule has 2 aromatic rings. The fourth-order valence-corrected chi connectivity index (χ4v) is 2.91. The number of carbonyl (C=O) groups excluding carboxylic acids is 2. The SMILES string of the molecule is C[C@H](OC(=O)c1cccc(Cl)c1)C(=O)Nc1ccc(N2CCOCC2)cc1. The molecule has 1 saturated heterocycles. The smallest absolute Gasteiger partial charge is 0.338 e. The van der Waals surface area contributed by atoms with Gasteiger partial charge in [-0.05, 0) is 49.4 Å². The summed E-state index contributed by atoms with van der Waals surface area (Å²) in [5, 5.41) is 3.19.